The van der Waals surface area contributed by atoms with Gasteiger partial charge in [-0.15, -0.1) is 0 Å². The average Bonchev–Trinajstić information content (AvgIpc) is 3.48. The van der Waals surface area contributed by atoms with Gasteiger partial charge in [-0.05, 0) is 116 Å². The van der Waals surface area contributed by atoms with Gasteiger partial charge >= 0.3 is 5.97 Å². The number of esters is 1. The number of allylic oxidation sites excluding steroid dienone is 2. The van der Waals surface area contributed by atoms with Crippen LogP contribution < -0.4 is 5.43 Å². The van der Waals surface area contributed by atoms with E-state index in [1.54, 1.807) is 20.1 Å². The van der Waals surface area contributed by atoms with Crippen molar-refractivity contribution in [3.63, 3.8) is 0 Å². The second kappa shape index (κ2) is 15.7. The summed E-state index contributed by atoms with van der Waals surface area (Å²) in [7, 11) is 1.67. The first-order chi connectivity index (χ1) is 28.1. The second-order valence-electron chi connectivity index (χ2n) is 22.1. The van der Waals surface area contributed by atoms with Crippen LogP contribution in [0.1, 0.15) is 145 Å². The van der Waals surface area contributed by atoms with Crippen molar-refractivity contribution in [2.45, 2.75) is 170 Å². The van der Waals surface area contributed by atoms with Crippen LogP contribution in [0, 0.1) is 50.7 Å². The molecule has 4 fully saturated rings. The summed E-state index contributed by atoms with van der Waals surface area (Å²) in [5, 5.41) is 0. The van der Waals surface area contributed by atoms with Crippen molar-refractivity contribution < 1.29 is 23.9 Å². The Kier molecular flexibility index (Phi) is 11.7. The fourth-order valence-electron chi connectivity index (χ4n) is 14.5. The Bertz CT molecular complexity index is 2060. The molecule has 9 nitrogen and oxygen atoms in total. The van der Waals surface area contributed by atoms with Crippen LogP contribution in [-0.4, -0.2) is 66.9 Å². The summed E-state index contributed by atoms with van der Waals surface area (Å²) in [5.41, 5.74) is 2.71. The molecule has 0 saturated heterocycles. The van der Waals surface area contributed by atoms with Gasteiger partial charge in [-0.1, -0.05) is 74.5 Å². The molecule has 6 aliphatic rings. The molecule has 9 heteroatoms. The molecule has 1 aromatic rings. The van der Waals surface area contributed by atoms with Gasteiger partial charge in [0.1, 0.15) is 18.0 Å². The van der Waals surface area contributed by atoms with E-state index >= 15 is 0 Å². The van der Waals surface area contributed by atoms with Crippen LogP contribution in [0.2, 0.25) is 0 Å². The van der Waals surface area contributed by atoms with Gasteiger partial charge in [0.2, 0.25) is 0 Å². The van der Waals surface area contributed by atoms with Gasteiger partial charge in [0, 0.05) is 72.5 Å². The molecule has 1 aliphatic heterocycles. The molecule has 5 aliphatic carbocycles. The van der Waals surface area contributed by atoms with E-state index < -0.39 is 10.8 Å². The highest BCUT2D eigenvalue weighted by atomic mass is 16.5. The van der Waals surface area contributed by atoms with Gasteiger partial charge in [0.05, 0.1) is 19.0 Å². The number of aromatic nitrogens is 1. The number of aliphatic imine (C=N–C) groups is 2. The van der Waals surface area contributed by atoms with Crippen molar-refractivity contribution in [3.05, 3.63) is 57.0 Å². The van der Waals surface area contributed by atoms with E-state index in [1.807, 2.05) is 32.2 Å². The number of carbonyl (C=O) groups excluding carboxylic acids is 3. The van der Waals surface area contributed by atoms with Crippen LogP contribution in [0.4, 0.5) is 0 Å². The predicted molar refractivity (Wildman–Crippen MR) is 239 cm³/mol. The number of rotatable bonds is 12. The third-order valence-electron chi connectivity index (χ3n) is 18.0. The number of ether oxygens (including phenoxy) is 2. The molecule has 4 saturated carbocycles. The van der Waals surface area contributed by atoms with E-state index in [-0.39, 0.29) is 81.1 Å². The lowest BCUT2D eigenvalue weighted by molar-refractivity contribution is -0.232. The van der Waals surface area contributed by atoms with Crippen LogP contribution in [0.3, 0.4) is 0 Å². The monoisotopic (exact) mass is 824 g/mol. The summed E-state index contributed by atoms with van der Waals surface area (Å²) >= 11 is 0. The van der Waals surface area contributed by atoms with E-state index in [4.69, 9.17) is 14.5 Å². The summed E-state index contributed by atoms with van der Waals surface area (Å²) < 4.78 is 14.1. The SMILES string of the molecule is C=NCCn1c(CC2C=CC(OC)C=N2)cc(=O)cc1C12CCC3(C)C(CCC4C5(C)CCC(OC(=O)CC(C)(C)C(C)=O)C(C)(C)C5CCC43C)C1=C(C(C)C)C(=O)C2. The quantitative estimate of drug-likeness (QED) is 0.118. The van der Waals surface area contributed by atoms with Crippen molar-refractivity contribution in [2.75, 3.05) is 13.7 Å². The molecule has 0 radical (unpaired) electrons. The number of hydrogen-bond donors (Lipinski definition) is 0. The fraction of sp³-hybridized carbons (Fsp3) is 0.725. The zero-order chi connectivity index (χ0) is 43.8. The zero-order valence-corrected chi connectivity index (χ0v) is 38.6. The minimum Gasteiger partial charge on any atom is -0.462 e. The van der Waals surface area contributed by atoms with Gasteiger partial charge in [-0.3, -0.25) is 29.2 Å². The summed E-state index contributed by atoms with van der Waals surface area (Å²) in [6, 6.07) is 3.49. The third-order valence-corrected chi connectivity index (χ3v) is 18.0. The predicted octanol–water partition coefficient (Wildman–Crippen LogP) is 9.26. The number of hydrogen-bond acceptors (Lipinski definition) is 8. The van der Waals surface area contributed by atoms with E-state index in [2.05, 4.69) is 70.8 Å². The Balaban J connectivity index is 1.25. The Morgan fingerprint density at radius 1 is 0.967 bits per heavy atom. The molecule has 0 N–H and O–H groups in total. The normalized spacial score (nSPS) is 37.0. The van der Waals surface area contributed by atoms with Crippen molar-refractivity contribution in [1.82, 2.24) is 4.57 Å². The van der Waals surface area contributed by atoms with E-state index in [0.717, 1.165) is 68.3 Å². The van der Waals surface area contributed by atoms with Crippen molar-refractivity contribution in [1.29, 1.82) is 0 Å². The van der Waals surface area contributed by atoms with Crippen molar-refractivity contribution >= 4 is 30.5 Å². The van der Waals surface area contributed by atoms with Crippen LogP contribution in [0.25, 0.3) is 0 Å². The van der Waals surface area contributed by atoms with Gasteiger partial charge < -0.3 is 14.0 Å². The molecule has 10 atom stereocenters. The van der Waals surface area contributed by atoms with E-state index in [0.29, 0.717) is 37.8 Å². The van der Waals surface area contributed by atoms with Crippen LogP contribution in [-0.2, 0) is 42.2 Å². The van der Waals surface area contributed by atoms with E-state index in [1.165, 1.54) is 5.57 Å². The highest BCUT2D eigenvalue weighted by Crippen LogP contribution is 2.77. The van der Waals surface area contributed by atoms with Gasteiger partial charge in [-0.2, -0.15) is 0 Å². The first kappa shape index (κ1) is 44.6. The maximum Gasteiger partial charge on any atom is 0.307 e. The third kappa shape index (κ3) is 6.99. The first-order valence-corrected chi connectivity index (χ1v) is 23.0. The zero-order valence-electron chi connectivity index (χ0n) is 38.6. The van der Waals surface area contributed by atoms with Gasteiger partial charge in [-0.25, -0.2) is 0 Å². The average molecular weight is 824 g/mol. The molecule has 0 spiro atoms. The Hall–Kier alpha value is -3.46. The molecule has 0 amide bonds. The molecule has 328 valence electrons. The highest BCUT2D eigenvalue weighted by Gasteiger charge is 2.70. The molecule has 10 unspecified atom stereocenters. The van der Waals surface area contributed by atoms with E-state index in [9.17, 15) is 19.2 Å². The number of nitrogens with zero attached hydrogens (tertiary/aromatic N) is 3. The number of methoxy groups -OCH3 is 1. The summed E-state index contributed by atoms with van der Waals surface area (Å²) in [4.78, 5) is 63.2. The van der Waals surface area contributed by atoms with Crippen LogP contribution in [0.15, 0.2) is 50.2 Å². The Labute approximate surface area is 359 Å². The lowest BCUT2D eigenvalue weighted by atomic mass is 9.33. The summed E-state index contributed by atoms with van der Waals surface area (Å²) in [6.45, 7) is 26.8. The molecule has 0 bridgehead atoms. The smallest absolute Gasteiger partial charge is 0.307 e. The lowest BCUT2D eigenvalue weighted by Gasteiger charge is -2.72. The number of ketones is 2. The minimum absolute atomic E-state index is 0.000478. The molecule has 2 heterocycles. The highest BCUT2D eigenvalue weighted by molar-refractivity contribution is 6.01. The number of carbonyl (C=O) groups is 3. The first-order valence-electron chi connectivity index (χ1n) is 23.0. The lowest BCUT2D eigenvalue weighted by Crippen LogP contribution is -2.66. The maximum absolute atomic E-state index is 14.6. The van der Waals surface area contributed by atoms with Crippen molar-refractivity contribution in [2.24, 2.45) is 60.7 Å². The molecule has 7 rings (SSSR count). The molecule has 0 aromatic carbocycles. The van der Waals surface area contributed by atoms with Crippen LogP contribution in [0.5, 0.6) is 0 Å². The largest absolute Gasteiger partial charge is 0.462 e. The second-order valence-corrected chi connectivity index (χ2v) is 22.1. The summed E-state index contributed by atoms with van der Waals surface area (Å²) in [5.74, 6) is 1.12. The number of pyridine rings is 1. The minimum atomic E-state index is -0.739. The van der Waals surface area contributed by atoms with Crippen molar-refractivity contribution in [3.8, 4) is 0 Å². The summed E-state index contributed by atoms with van der Waals surface area (Å²) in [6.07, 6.45) is 14.5. The number of Topliss-reactive ketones (excluding diaryl/α,β-unsaturated/α-hetero) is 2. The topological polar surface area (TPSA) is 116 Å². The van der Waals surface area contributed by atoms with Gasteiger partial charge in [0.25, 0.3) is 0 Å². The maximum atomic E-state index is 14.6. The molecular formula is C51H73N3O6. The van der Waals surface area contributed by atoms with Crippen LogP contribution >= 0.6 is 0 Å². The number of fused-ring (bicyclic) bond motifs is 7. The molecule has 60 heavy (non-hydrogen) atoms. The molecular weight excluding hydrogens is 751 g/mol. The Morgan fingerprint density at radius 2 is 1.70 bits per heavy atom. The standard InChI is InChI=1S/C51H73N3O6/c1-31(2)44-38(57)28-51(41-27-35(56)26-34(54(41)24-23-52-11)25-33-13-14-36(59-12)30-53-33)22-21-49(9)37(45(44)51)15-16-40-48(8)19-18-42(60-43(58)29-46(4,5)32(3)55)47(6,7)39(48)17-20-50(40,49)10/h13-14,26-27,30-31,33,36-37,39-40,42H,11,15-25,28-29H2,1-10,12H3. The van der Waals surface area contributed by atoms with Gasteiger partial charge in [0.15, 0.2) is 11.2 Å². The number of dihydropyridines is 1. The molecule has 1 aromatic heterocycles. The fourth-order valence-corrected chi connectivity index (χ4v) is 14.5. The Morgan fingerprint density at radius 3 is 2.33 bits per heavy atom.